The molecule has 3 nitrogen and oxygen atoms in total. The van der Waals surface area contributed by atoms with Crippen molar-refractivity contribution in [1.82, 2.24) is 0 Å². The molecule has 1 N–H and O–H groups in total. The predicted molar refractivity (Wildman–Crippen MR) is 95.7 cm³/mol. The Balaban J connectivity index is 2.22. The van der Waals surface area contributed by atoms with Crippen LogP contribution < -0.4 is 4.74 Å². The second-order valence-corrected chi connectivity index (χ2v) is 6.85. The summed E-state index contributed by atoms with van der Waals surface area (Å²) in [6.07, 6.45) is 8.10. The van der Waals surface area contributed by atoms with Crippen LogP contribution in [0.4, 0.5) is 0 Å². The van der Waals surface area contributed by atoms with Crippen LogP contribution in [0.3, 0.4) is 0 Å². The lowest BCUT2D eigenvalue weighted by Crippen LogP contribution is -2.43. The Hall–Kier alpha value is -1.70. The number of ether oxygens (including phenoxy) is 1. The molecule has 0 amide bonds. The summed E-state index contributed by atoms with van der Waals surface area (Å²) >= 11 is 1.71. The van der Waals surface area contributed by atoms with Gasteiger partial charge in [-0.15, -0.1) is 0 Å². The van der Waals surface area contributed by atoms with Crippen LogP contribution in [0.2, 0.25) is 0 Å². The number of rotatable bonds is 6. The smallest absolute Gasteiger partial charge is 0.125 e. The topological polar surface area (TPSA) is 53.2 Å². The van der Waals surface area contributed by atoms with Gasteiger partial charge >= 0.3 is 0 Å². The van der Waals surface area contributed by atoms with Crippen molar-refractivity contribution >= 4 is 11.8 Å². The van der Waals surface area contributed by atoms with E-state index < -0.39 is 5.60 Å². The lowest BCUT2D eigenvalue weighted by Gasteiger charge is -2.34. The van der Waals surface area contributed by atoms with Gasteiger partial charge in [0.15, 0.2) is 0 Å². The molecule has 1 aromatic rings. The summed E-state index contributed by atoms with van der Waals surface area (Å²) in [5.41, 5.74) is 2.01. The average molecular weight is 329 g/mol. The molecule has 0 saturated heterocycles. The minimum atomic E-state index is -1.15. The standard InChI is InChI=1S/C19H23NO2S/c1-14-5-4-6-15(2)18(14)22-13-19(21)11-16(12-23-3)7-8-17(19)9-10-20/h4-8,11,17,21H,9,12-13H2,1-3H3. The fraction of sp³-hybridized carbons (Fsp3) is 0.421. The number of para-hydroxylation sites is 1. The zero-order valence-corrected chi connectivity index (χ0v) is 14.7. The molecule has 0 radical (unpaired) electrons. The third-order valence-corrected chi connectivity index (χ3v) is 4.72. The maximum absolute atomic E-state index is 11.1. The number of aliphatic hydroxyl groups is 1. The SMILES string of the molecule is CSCC1=CC(O)(COc2c(C)cccc2C)C(CC#N)C=C1. The van der Waals surface area contributed by atoms with Crippen molar-refractivity contribution in [2.45, 2.75) is 25.9 Å². The number of aryl methyl sites for hydroxylation is 2. The lowest BCUT2D eigenvalue weighted by molar-refractivity contribution is 0.00207. The normalized spacial score (nSPS) is 23.3. The number of allylic oxidation sites excluding steroid dienone is 1. The summed E-state index contributed by atoms with van der Waals surface area (Å²) in [5, 5.41) is 20.1. The van der Waals surface area contributed by atoms with Gasteiger partial charge in [-0.05, 0) is 42.9 Å². The fourth-order valence-corrected chi connectivity index (χ4v) is 3.36. The Labute approximate surface area is 142 Å². The van der Waals surface area contributed by atoms with Crippen molar-refractivity contribution in [2.75, 3.05) is 18.6 Å². The molecule has 23 heavy (non-hydrogen) atoms. The molecular formula is C19H23NO2S. The minimum Gasteiger partial charge on any atom is -0.490 e. The maximum Gasteiger partial charge on any atom is 0.125 e. The molecule has 0 bridgehead atoms. The molecule has 0 heterocycles. The van der Waals surface area contributed by atoms with Crippen LogP contribution in [-0.2, 0) is 0 Å². The average Bonchev–Trinajstić information content (AvgIpc) is 2.50. The highest BCUT2D eigenvalue weighted by molar-refractivity contribution is 7.98. The third kappa shape index (κ3) is 4.19. The van der Waals surface area contributed by atoms with Crippen molar-refractivity contribution in [2.24, 2.45) is 5.92 Å². The highest BCUT2D eigenvalue weighted by atomic mass is 32.2. The van der Waals surface area contributed by atoms with Crippen molar-refractivity contribution in [3.05, 3.63) is 53.1 Å². The molecule has 122 valence electrons. The number of benzene rings is 1. The Morgan fingerprint density at radius 3 is 2.65 bits per heavy atom. The van der Waals surface area contributed by atoms with Gasteiger partial charge in [0, 0.05) is 18.1 Å². The van der Waals surface area contributed by atoms with E-state index in [9.17, 15) is 5.11 Å². The van der Waals surface area contributed by atoms with Gasteiger partial charge in [-0.25, -0.2) is 0 Å². The van der Waals surface area contributed by atoms with Gasteiger partial charge in [-0.1, -0.05) is 30.4 Å². The first-order valence-electron chi connectivity index (χ1n) is 7.67. The van der Waals surface area contributed by atoms with Crippen LogP contribution in [0.5, 0.6) is 5.75 Å². The molecule has 1 aliphatic rings. The van der Waals surface area contributed by atoms with Crippen LogP contribution in [0.15, 0.2) is 42.0 Å². The fourth-order valence-electron chi connectivity index (χ4n) is 2.85. The lowest BCUT2D eigenvalue weighted by atomic mass is 9.80. The van der Waals surface area contributed by atoms with Crippen LogP contribution >= 0.6 is 11.8 Å². The summed E-state index contributed by atoms with van der Waals surface area (Å²) in [5.74, 6) is 1.40. The molecule has 0 aliphatic heterocycles. The van der Waals surface area contributed by atoms with E-state index in [2.05, 4.69) is 6.07 Å². The Kier molecular flexibility index (Phi) is 5.92. The molecule has 0 saturated carbocycles. The second-order valence-electron chi connectivity index (χ2n) is 5.98. The quantitative estimate of drug-likeness (QED) is 0.862. The largest absolute Gasteiger partial charge is 0.490 e. The van der Waals surface area contributed by atoms with Gasteiger partial charge < -0.3 is 9.84 Å². The van der Waals surface area contributed by atoms with E-state index in [4.69, 9.17) is 10.00 Å². The molecule has 2 unspecified atom stereocenters. The van der Waals surface area contributed by atoms with E-state index >= 15 is 0 Å². The highest BCUT2D eigenvalue weighted by Gasteiger charge is 2.36. The van der Waals surface area contributed by atoms with E-state index in [1.165, 1.54) is 0 Å². The summed E-state index contributed by atoms with van der Waals surface area (Å²) in [7, 11) is 0. The van der Waals surface area contributed by atoms with Gasteiger partial charge in [0.05, 0.1) is 6.07 Å². The summed E-state index contributed by atoms with van der Waals surface area (Å²) in [6.45, 7) is 4.14. The number of nitriles is 1. The van der Waals surface area contributed by atoms with Crippen molar-refractivity contribution in [3.63, 3.8) is 0 Å². The van der Waals surface area contributed by atoms with E-state index in [0.29, 0.717) is 0 Å². The number of hydrogen-bond acceptors (Lipinski definition) is 4. The molecule has 0 fully saturated rings. The molecule has 2 rings (SSSR count). The Morgan fingerprint density at radius 1 is 1.35 bits per heavy atom. The molecule has 0 aromatic heterocycles. The minimum absolute atomic E-state index is 0.146. The summed E-state index contributed by atoms with van der Waals surface area (Å²) in [6, 6.07) is 8.14. The van der Waals surface area contributed by atoms with Crippen molar-refractivity contribution in [3.8, 4) is 11.8 Å². The molecule has 4 heteroatoms. The first-order valence-corrected chi connectivity index (χ1v) is 9.07. The van der Waals surface area contributed by atoms with Gasteiger partial charge in [0.25, 0.3) is 0 Å². The summed E-state index contributed by atoms with van der Waals surface area (Å²) < 4.78 is 5.97. The Morgan fingerprint density at radius 2 is 2.04 bits per heavy atom. The first-order chi connectivity index (χ1) is 11.0. The van der Waals surface area contributed by atoms with Crippen LogP contribution in [0.25, 0.3) is 0 Å². The summed E-state index contributed by atoms with van der Waals surface area (Å²) in [4.78, 5) is 0. The van der Waals surface area contributed by atoms with Gasteiger partial charge in [0.2, 0.25) is 0 Å². The highest BCUT2D eigenvalue weighted by Crippen LogP contribution is 2.32. The molecular weight excluding hydrogens is 306 g/mol. The van der Waals surface area contributed by atoms with Crippen LogP contribution in [-0.4, -0.2) is 29.3 Å². The van der Waals surface area contributed by atoms with E-state index in [1.807, 2.05) is 56.5 Å². The van der Waals surface area contributed by atoms with Crippen LogP contribution in [0, 0.1) is 31.1 Å². The maximum atomic E-state index is 11.1. The van der Waals surface area contributed by atoms with E-state index in [1.54, 1.807) is 11.8 Å². The zero-order chi connectivity index (χ0) is 16.9. The van der Waals surface area contributed by atoms with Gasteiger partial charge in [-0.3, -0.25) is 0 Å². The second kappa shape index (κ2) is 7.72. The first kappa shape index (κ1) is 17.7. The number of thioether (sulfide) groups is 1. The molecule has 1 aliphatic carbocycles. The third-order valence-electron chi connectivity index (χ3n) is 4.10. The molecule has 2 atom stereocenters. The Bertz CT molecular complexity index is 640. The zero-order valence-electron chi connectivity index (χ0n) is 13.9. The van der Waals surface area contributed by atoms with E-state index in [0.717, 1.165) is 28.2 Å². The molecule has 0 spiro atoms. The number of nitrogens with zero attached hydrogens (tertiary/aromatic N) is 1. The number of hydrogen-bond donors (Lipinski definition) is 1. The van der Waals surface area contributed by atoms with Crippen molar-refractivity contribution < 1.29 is 9.84 Å². The van der Waals surface area contributed by atoms with Crippen LogP contribution in [0.1, 0.15) is 17.5 Å². The van der Waals surface area contributed by atoms with Crippen molar-refractivity contribution in [1.29, 1.82) is 5.26 Å². The van der Waals surface area contributed by atoms with Gasteiger partial charge in [-0.2, -0.15) is 17.0 Å². The van der Waals surface area contributed by atoms with Gasteiger partial charge in [0.1, 0.15) is 18.0 Å². The molecule has 1 aromatic carbocycles. The van der Waals surface area contributed by atoms with E-state index in [-0.39, 0.29) is 18.9 Å². The monoisotopic (exact) mass is 329 g/mol. The predicted octanol–water partition coefficient (Wildman–Crippen LogP) is 3.80.